The number of benzene rings is 3. The molecule has 3 N–H and O–H groups in total. The molecule has 0 spiro atoms. The number of anilines is 2. The first-order valence-corrected chi connectivity index (χ1v) is 16.7. The topological polar surface area (TPSA) is 72.1 Å². The zero-order valence-corrected chi connectivity index (χ0v) is 28.0. The van der Waals surface area contributed by atoms with Crippen LogP contribution < -0.4 is 20.9 Å². The molecule has 2 fully saturated rings. The number of halogens is 2. The molecule has 8 nitrogen and oxygen atoms in total. The van der Waals surface area contributed by atoms with E-state index in [2.05, 4.69) is 73.1 Å². The van der Waals surface area contributed by atoms with Crippen molar-refractivity contribution in [1.82, 2.24) is 20.4 Å². The van der Waals surface area contributed by atoms with Gasteiger partial charge in [0.05, 0.1) is 6.61 Å². The van der Waals surface area contributed by atoms with Crippen LogP contribution in [0.25, 0.3) is 11.1 Å². The van der Waals surface area contributed by atoms with E-state index < -0.39 is 0 Å². The van der Waals surface area contributed by atoms with Gasteiger partial charge in [-0.1, -0.05) is 29.3 Å². The molecule has 5 rings (SSSR count). The first kappa shape index (κ1) is 33.4. The number of hydrogen-bond donors (Lipinski definition) is 3. The molecule has 3 aromatic rings. The Hall–Kier alpha value is -3.01. The van der Waals surface area contributed by atoms with Crippen molar-refractivity contribution in [3.63, 3.8) is 0 Å². The fraction of sp³-hybridized carbons (Fsp3) is 0.457. The quantitative estimate of drug-likeness (QED) is 0.217. The van der Waals surface area contributed by atoms with E-state index in [-0.39, 0.29) is 6.03 Å². The zero-order valence-electron chi connectivity index (χ0n) is 26.5. The summed E-state index contributed by atoms with van der Waals surface area (Å²) in [4.78, 5) is 19.0. The van der Waals surface area contributed by atoms with Gasteiger partial charge < -0.3 is 25.6 Å². The lowest BCUT2D eigenvalue weighted by Crippen LogP contribution is -2.47. The lowest BCUT2D eigenvalue weighted by molar-refractivity contribution is 0.144. The van der Waals surface area contributed by atoms with Crippen LogP contribution in [0.4, 0.5) is 16.2 Å². The van der Waals surface area contributed by atoms with E-state index in [1.165, 1.54) is 16.8 Å². The molecule has 0 saturated carbocycles. The Kier molecular flexibility index (Phi) is 12.2. The number of piperidine rings is 1. The first-order valence-electron chi connectivity index (χ1n) is 16.0. The highest BCUT2D eigenvalue weighted by Crippen LogP contribution is 2.30. The summed E-state index contributed by atoms with van der Waals surface area (Å²) in [7, 11) is 3.41. The molecule has 0 bridgehead atoms. The molecule has 45 heavy (non-hydrogen) atoms. The number of hydrogen-bond acceptors (Lipinski definition) is 6. The van der Waals surface area contributed by atoms with Crippen molar-refractivity contribution in [1.29, 1.82) is 0 Å². The molecule has 242 valence electrons. The number of nitrogens with one attached hydrogen (secondary N) is 3. The maximum absolute atomic E-state index is 11.6. The molecule has 0 unspecified atom stereocenters. The second-order valence-corrected chi connectivity index (χ2v) is 13.0. The monoisotopic (exact) mass is 652 g/mol. The predicted molar refractivity (Wildman–Crippen MR) is 187 cm³/mol. The molecule has 2 saturated heterocycles. The lowest BCUT2D eigenvalue weighted by Gasteiger charge is -2.36. The van der Waals surface area contributed by atoms with Gasteiger partial charge >= 0.3 is 6.03 Å². The van der Waals surface area contributed by atoms with Gasteiger partial charge in [0, 0.05) is 87.9 Å². The number of likely N-dealkylation sites (tertiary alicyclic amines) is 1. The van der Waals surface area contributed by atoms with Crippen molar-refractivity contribution >= 4 is 40.6 Å². The molecular formula is C35H46Cl2N6O2. The third-order valence-corrected chi connectivity index (χ3v) is 9.29. The molecule has 2 amide bonds. The molecule has 2 aliphatic rings. The van der Waals surface area contributed by atoms with Crippen molar-refractivity contribution in [2.45, 2.75) is 25.9 Å². The molecule has 2 aliphatic heterocycles. The van der Waals surface area contributed by atoms with Gasteiger partial charge in [0.2, 0.25) is 0 Å². The fourth-order valence-corrected chi connectivity index (χ4v) is 6.75. The Balaban J connectivity index is 1.23. The smallest absolute Gasteiger partial charge is 0.314 e. The number of nitrogens with zero attached hydrogens (tertiary/aromatic N) is 3. The Labute approximate surface area is 278 Å². The van der Waals surface area contributed by atoms with Gasteiger partial charge in [0.15, 0.2) is 0 Å². The lowest BCUT2D eigenvalue weighted by atomic mass is 9.95. The van der Waals surface area contributed by atoms with Gasteiger partial charge in [-0.25, -0.2) is 4.79 Å². The summed E-state index contributed by atoms with van der Waals surface area (Å²) in [5.41, 5.74) is 6.96. The summed E-state index contributed by atoms with van der Waals surface area (Å²) in [5, 5.41) is 10.5. The number of piperazine rings is 1. The summed E-state index contributed by atoms with van der Waals surface area (Å²) in [6.07, 6.45) is 2.14. The van der Waals surface area contributed by atoms with E-state index in [9.17, 15) is 4.79 Å². The van der Waals surface area contributed by atoms with Crippen LogP contribution in [0.2, 0.25) is 10.0 Å². The molecule has 3 aromatic carbocycles. The predicted octanol–water partition coefficient (Wildman–Crippen LogP) is 6.18. The normalized spacial score (nSPS) is 16.5. The highest BCUT2D eigenvalue weighted by atomic mass is 35.5. The average molecular weight is 654 g/mol. The van der Waals surface area contributed by atoms with Crippen LogP contribution in [-0.4, -0.2) is 89.0 Å². The second kappa shape index (κ2) is 16.5. The van der Waals surface area contributed by atoms with Gasteiger partial charge in [0.25, 0.3) is 0 Å². The summed E-state index contributed by atoms with van der Waals surface area (Å²) in [6.45, 7) is 10.3. The van der Waals surface area contributed by atoms with Gasteiger partial charge in [-0.05, 0) is 109 Å². The highest BCUT2D eigenvalue weighted by molar-refractivity contribution is 6.35. The van der Waals surface area contributed by atoms with Crippen molar-refractivity contribution in [2.75, 3.05) is 83.3 Å². The van der Waals surface area contributed by atoms with E-state index in [1.807, 2.05) is 12.1 Å². The fourth-order valence-electron chi connectivity index (χ4n) is 6.22. The first-order chi connectivity index (χ1) is 21.9. The van der Waals surface area contributed by atoms with Gasteiger partial charge in [-0.2, -0.15) is 0 Å². The summed E-state index contributed by atoms with van der Waals surface area (Å²) in [6, 6.07) is 21.2. The van der Waals surface area contributed by atoms with Crippen molar-refractivity contribution < 1.29 is 9.53 Å². The van der Waals surface area contributed by atoms with Crippen LogP contribution in [0, 0.1) is 5.92 Å². The number of urea groups is 1. The third kappa shape index (κ3) is 9.99. The van der Waals surface area contributed by atoms with E-state index in [4.69, 9.17) is 27.9 Å². The van der Waals surface area contributed by atoms with E-state index >= 15 is 0 Å². The van der Waals surface area contributed by atoms with Gasteiger partial charge in [0.1, 0.15) is 0 Å². The Morgan fingerprint density at radius 3 is 2.18 bits per heavy atom. The highest BCUT2D eigenvalue weighted by Gasteiger charge is 2.20. The van der Waals surface area contributed by atoms with Gasteiger partial charge in [-0.3, -0.25) is 9.80 Å². The minimum Gasteiger partial charge on any atom is -0.383 e. The van der Waals surface area contributed by atoms with E-state index in [0.29, 0.717) is 22.5 Å². The summed E-state index contributed by atoms with van der Waals surface area (Å²) in [5.74, 6) is 0.509. The molecule has 0 atom stereocenters. The number of methoxy groups -OCH3 is 1. The standard InChI is InChI=1S/C35H46Cl2N6O2/c1-38-35(44)40-23-26-7-9-42(10-8-26)25-28-17-27(18-29(19-28)30-20-31(36)22-32(37)21-30)24-39-33-3-5-34(6-4-33)43-13-11-41(12-14-43)15-16-45-2/h3-6,17-22,26,39H,7-16,23-25H2,1-2H3,(H2,38,40,44). The van der Waals surface area contributed by atoms with Crippen LogP contribution in [0.1, 0.15) is 24.0 Å². The van der Waals surface area contributed by atoms with Crippen LogP contribution >= 0.6 is 23.2 Å². The second-order valence-electron chi connectivity index (χ2n) is 12.1. The van der Waals surface area contributed by atoms with Gasteiger partial charge in [-0.15, -0.1) is 0 Å². The Morgan fingerprint density at radius 2 is 1.51 bits per heavy atom. The molecule has 0 aromatic heterocycles. The minimum atomic E-state index is -0.111. The maximum atomic E-state index is 11.6. The minimum absolute atomic E-state index is 0.111. The Morgan fingerprint density at radius 1 is 0.844 bits per heavy atom. The number of carbonyl (C=O) groups excluding carboxylic acids is 1. The van der Waals surface area contributed by atoms with Crippen LogP contribution in [0.3, 0.4) is 0 Å². The Bertz CT molecular complexity index is 1370. The average Bonchev–Trinajstić information content (AvgIpc) is 3.06. The molecule has 0 aliphatic carbocycles. The molecular weight excluding hydrogens is 607 g/mol. The van der Waals surface area contributed by atoms with Crippen molar-refractivity contribution in [2.24, 2.45) is 5.92 Å². The SMILES string of the molecule is CNC(=O)NCC1CCN(Cc2cc(CNc3ccc(N4CCN(CCOC)CC4)cc3)cc(-c3cc(Cl)cc(Cl)c3)c2)CC1. The summed E-state index contributed by atoms with van der Waals surface area (Å²) < 4.78 is 5.24. The number of amides is 2. The van der Waals surface area contributed by atoms with Crippen molar-refractivity contribution in [3.8, 4) is 11.1 Å². The zero-order chi connectivity index (χ0) is 31.6. The number of carbonyl (C=O) groups is 1. The number of rotatable bonds is 12. The number of ether oxygens (including phenoxy) is 1. The van der Waals surface area contributed by atoms with Crippen molar-refractivity contribution in [3.05, 3.63) is 81.8 Å². The van der Waals surface area contributed by atoms with E-state index in [0.717, 1.165) is 95.2 Å². The van der Waals surface area contributed by atoms with Crippen LogP contribution in [0.5, 0.6) is 0 Å². The van der Waals surface area contributed by atoms with E-state index in [1.54, 1.807) is 20.2 Å². The maximum Gasteiger partial charge on any atom is 0.314 e. The molecule has 2 heterocycles. The largest absolute Gasteiger partial charge is 0.383 e. The molecule has 10 heteroatoms. The molecule has 0 radical (unpaired) electrons. The third-order valence-electron chi connectivity index (χ3n) is 8.85. The van der Waals surface area contributed by atoms with Crippen LogP contribution in [0.15, 0.2) is 60.7 Å². The summed E-state index contributed by atoms with van der Waals surface area (Å²) >= 11 is 12.8. The van der Waals surface area contributed by atoms with Crippen LogP contribution in [-0.2, 0) is 17.8 Å².